The molecule has 0 bridgehead atoms. The van der Waals surface area contributed by atoms with Crippen molar-refractivity contribution in [2.75, 3.05) is 10.5 Å². The van der Waals surface area contributed by atoms with Crippen molar-refractivity contribution in [2.24, 2.45) is 0 Å². The fraction of sp³-hybridized carbons (Fsp3) is 0.222. The second kappa shape index (κ2) is 4.48. The number of carboxylic acids is 1. The predicted molar refractivity (Wildman–Crippen MR) is 56.2 cm³/mol. The van der Waals surface area contributed by atoms with Crippen LogP contribution >= 0.6 is 0 Å². The SMILES string of the molecule is Cc1ccc(F)cc1NS(=O)(=O)CC(=O)O. The van der Waals surface area contributed by atoms with Gasteiger partial charge in [0.2, 0.25) is 10.0 Å². The number of carbonyl (C=O) groups is 1. The Labute approximate surface area is 92.0 Å². The molecule has 0 saturated carbocycles. The Hall–Kier alpha value is -1.63. The molecule has 16 heavy (non-hydrogen) atoms. The van der Waals surface area contributed by atoms with E-state index in [1.54, 1.807) is 6.92 Å². The van der Waals surface area contributed by atoms with Gasteiger partial charge in [-0.2, -0.15) is 0 Å². The van der Waals surface area contributed by atoms with Crippen LogP contribution in [0.15, 0.2) is 18.2 Å². The van der Waals surface area contributed by atoms with Crippen LogP contribution in [0.1, 0.15) is 5.56 Å². The summed E-state index contributed by atoms with van der Waals surface area (Å²) in [5.74, 6) is -3.12. The molecule has 0 aliphatic carbocycles. The molecule has 0 amide bonds. The summed E-state index contributed by atoms with van der Waals surface area (Å²) in [4.78, 5) is 10.3. The van der Waals surface area contributed by atoms with Crippen LogP contribution in [0, 0.1) is 12.7 Å². The molecule has 0 unspecified atom stereocenters. The standard InChI is InChI=1S/C9H10FNO4S/c1-6-2-3-7(10)4-8(6)11-16(14,15)5-9(12)13/h2-4,11H,5H2,1H3,(H,12,13). The van der Waals surface area contributed by atoms with Crippen molar-refractivity contribution in [3.8, 4) is 0 Å². The summed E-state index contributed by atoms with van der Waals surface area (Å²) in [5, 5.41) is 8.36. The van der Waals surface area contributed by atoms with Crippen LogP contribution in [-0.4, -0.2) is 25.2 Å². The van der Waals surface area contributed by atoms with Gasteiger partial charge in [0.05, 0.1) is 5.69 Å². The highest BCUT2D eigenvalue weighted by atomic mass is 32.2. The summed E-state index contributed by atoms with van der Waals surface area (Å²) in [6, 6.07) is 3.58. The number of benzene rings is 1. The van der Waals surface area contributed by atoms with Crippen LogP contribution in [0.3, 0.4) is 0 Å². The van der Waals surface area contributed by atoms with Crippen molar-refractivity contribution in [3.05, 3.63) is 29.6 Å². The second-order valence-corrected chi connectivity index (χ2v) is 4.94. The summed E-state index contributed by atoms with van der Waals surface area (Å²) in [5.41, 5.74) is 0.552. The highest BCUT2D eigenvalue weighted by molar-refractivity contribution is 7.93. The molecule has 1 rings (SSSR count). The second-order valence-electron chi connectivity index (χ2n) is 3.21. The predicted octanol–water partition coefficient (Wildman–Crippen LogP) is 0.960. The minimum Gasteiger partial charge on any atom is -0.480 e. The molecule has 0 spiro atoms. The average Bonchev–Trinajstić information content (AvgIpc) is 2.08. The van der Waals surface area contributed by atoms with E-state index >= 15 is 0 Å². The van der Waals surface area contributed by atoms with Gasteiger partial charge in [0, 0.05) is 0 Å². The lowest BCUT2D eigenvalue weighted by atomic mass is 10.2. The van der Waals surface area contributed by atoms with Crippen LogP contribution < -0.4 is 4.72 Å². The van der Waals surface area contributed by atoms with Crippen molar-refractivity contribution in [1.29, 1.82) is 0 Å². The number of hydrogen-bond acceptors (Lipinski definition) is 3. The maximum Gasteiger partial charge on any atom is 0.320 e. The molecule has 0 saturated heterocycles. The molecule has 5 nitrogen and oxygen atoms in total. The largest absolute Gasteiger partial charge is 0.480 e. The van der Waals surface area contributed by atoms with Gasteiger partial charge in [0.25, 0.3) is 0 Å². The van der Waals surface area contributed by atoms with Crippen LogP contribution in [0.25, 0.3) is 0 Å². The molecule has 1 aromatic rings. The molecule has 0 heterocycles. The normalized spacial score (nSPS) is 11.1. The van der Waals surface area contributed by atoms with Gasteiger partial charge in [-0.1, -0.05) is 6.07 Å². The average molecular weight is 247 g/mol. The van der Waals surface area contributed by atoms with E-state index < -0.39 is 27.6 Å². The van der Waals surface area contributed by atoms with Crippen LogP contribution in [0.2, 0.25) is 0 Å². The minimum absolute atomic E-state index is 0.0428. The van der Waals surface area contributed by atoms with Crippen molar-refractivity contribution < 1.29 is 22.7 Å². The summed E-state index contributed by atoms with van der Waals surface area (Å²) in [7, 11) is -3.99. The van der Waals surface area contributed by atoms with Gasteiger partial charge in [-0.15, -0.1) is 0 Å². The van der Waals surface area contributed by atoms with Crippen LogP contribution in [-0.2, 0) is 14.8 Å². The lowest BCUT2D eigenvalue weighted by molar-refractivity contribution is -0.134. The third kappa shape index (κ3) is 3.50. The highest BCUT2D eigenvalue weighted by Crippen LogP contribution is 2.17. The van der Waals surface area contributed by atoms with Crippen molar-refractivity contribution in [3.63, 3.8) is 0 Å². The maximum absolute atomic E-state index is 12.8. The zero-order valence-corrected chi connectivity index (χ0v) is 9.21. The third-order valence-electron chi connectivity index (χ3n) is 1.78. The smallest absolute Gasteiger partial charge is 0.320 e. The van der Waals surface area contributed by atoms with Gasteiger partial charge in [-0.25, -0.2) is 12.8 Å². The monoisotopic (exact) mass is 247 g/mol. The molecule has 0 atom stereocenters. The number of rotatable bonds is 4. The summed E-state index contributed by atoms with van der Waals surface area (Å²) < 4.78 is 37.4. The van der Waals surface area contributed by atoms with Crippen molar-refractivity contribution in [2.45, 2.75) is 6.92 Å². The van der Waals surface area contributed by atoms with Gasteiger partial charge < -0.3 is 5.11 Å². The summed E-state index contributed by atoms with van der Waals surface area (Å²) in [6.07, 6.45) is 0. The first-order valence-electron chi connectivity index (χ1n) is 4.28. The molecule has 0 aliphatic rings. The number of sulfonamides is 1. The highest BCUT2D eigenvalue weighted by Gasteiger charge is 2.16. The van der Waals surface area contributed by atoms with E-state index in [1.165, 1.54) is 12.1 Å². The van der Waals surface area contributed by atoms with E-state index in [9.17, 15) is 17.6 Å². The molecule has 0 aliphatic heterocycles. The Balaban J connectivity index is 2.96. The minimum atomic E-state index is -3.99. The van der Waals surface area contributed by atoms with Gasteiger partial charge in [-0.3, -0.25) is 9.52 Å². The van der Waals surface area contributed by atoms with E-state index in [-0.39, 0.29) is 5.69 Å². The number of aliphatic carboxylic acids is 1. The number of carboxylic acid groups (broad SMARTS) is 1. The zero-order valence-electron chi connectivity index (χ0n) is 8.40. The van der Waals surface area contributed by atoms with Crippen molar-refractivity contribution in [1.82, 2.24) is 0 Å². The summed E-state index contributed by atoms with van der Waals surface area (Å²) in [6.45, 7) is 1.58. The fourth-order valence-electron chi connectivity index (χ4n) is 1.07. The Morgan fingerprint density at radius 1 is 1.50 bits per heavy atom. The molecule has 0 aromatic heterocycles. The van der Waals surface area contributed by atoms with Crippen LogP contribution in [0.4, 0.5) is 10.1 Å². The molecule has 0 fully saturated rings. The first-order valence-corrected chi connectivity index (χ1v) is 5.94. The van der Waals surface area contributed by atoms with Gasteiger partial charge in [-0.05, 0) is 24.6 Å². The molecule has 0 radical (unpaired) electrons. The quantitative estimate of drug-likeness (QED) is 0.830. The number of hydrogen-bond donors (Lipinski definition) is 2. The molecule has 7 heteroatoms. The lowest BCUT2D eigenvalue weighted by Gasteiger charge is -2.08. The Bertz CT molecular complexity index is 512. The molecule has 1 aromatic carbocycles. The maximum atomic E-state index is 12.8. The molecule has 88 valence electrons. The topological polar surface area (TPSA) is 83.5 Å². The van der Waals surface area contributed by atoms with E-state index in [2.05, 4.69) is 0 Å². The first-order chi connectivity index (χ1) is 7.30. The number of aryl methyl sites for hydroxylation is 1. The van der Waals surface area contributed by atoms with E-state index in [1.807, 2.05) is 4.72 Å². The Morgan fingerprint density at radius 2 is 2.12 bits per heavy atom. The Morgan fingerprint density at radius 3 is 2.69 bits per heavy atom. The van der Waals surface area contributed by atoms with E-state index in [4.69, 9.17) is 5.11 Å². The zero-order chi connectivity index (χ0) is 12.3. The molecular formula is C9H10FNO4S. The number of halogens is 1. The third-order valence-corrected chi connectivity index (χ3v) is 2.94. The van der Waals surface area contributed by atoms with Gasteiger partial charge in [0.15, 0.2) is 5.75 Å². The molecule has 2 N–H and O–H groups in total. The Kier molecular flexibility index (Phi) is 3.48. The van der Waals surface area contributed by atoms with E-state index in [0.29, 0.717) is 5.56 Å². The summed E-state index contributed by atoms with van der Waals surface area (Å²) >= 11 is 0. The van der Waals surface area contributed by atoms with Crippen molar-refractivity contribution >= 4 is 21.7 Å². The fourth-order valence-corrected chi connectivity index (χ4v) is 2.02. The van der Waals surface area contributed by atoms with E-state index in [0.717, 1.165) is 6.07 Å². The molecular weight excluding hydrogens is 237 g/mol. The van der Waals surface area contributed by atoms with Gasteiger partial charge >= 0.3 is 5.97 Å². The van der Waals surface area contributed by atoms with Gasteiger partial charge in [0.1, 0.15) is 5.82 Å². The lowest BCUT2D eigenvalue weighted by Crippen LogP contribution is -2.22. The first kappa shape index (κ1) is 12.4. The number of anilines is 1. The number of nitrogens with one attached hydrogen (secondary N) is 1. The van der Waals surface area contributed by atoms with Crippen LogP contribution in [0.5, 0.6) is 0 Å².